The molecule has 13 heavy (non-hydrogen) atoms. The van der Waals surface area contributed by atoms with Gasteiger partial charge in [-0.3, -0.25) is 0 Å². The quantitative estimate of drug-likeness (QED) is 0.593. The van der Waals surface area contributed by atoms with E-state index in [0.717, 1.165) is 0 Å². The molecule has 0 amide bonds. The molecule has 0 aliphatic carbocycles. The second kappa shape index (κ2) is 3.39. The average molecular weight is 191 g/mol. The minimum atomic E-state index is 0.0751. The predicted molar refractivity (Wildman–Crippen MR) is 58.2 cm³/mol. The van der Waals surface area contributed by atoms with E-state index in [-0.39, 0.29) is 5.38 Å². The normalized spacial score (nSPS) is 13.1. The molecule has 0 saturated carbocycles. The number of hydrogen-bond donors (Lipinski definition) is 0. The van der Waals surface area contributed by atoms with Crippen molar-refractivity contribution in [3.05, 3.63) is 48.0 Å². The highest BCUT2D eigenvalue weighted by molar-refractivity contribution is 6.21. The van der Waals surface area contributed by atoms with Crippen molar-refractivity contribution < 1.29 is 0 Å². The molecule has 2 aromatic rings. The summed E-state index contributed by atoms with van der Waals surface area (Å²) in [7, 11) is 0. The van der Waals surface area contributed by atoms with Crippen molar-refractivity contribution in [1.82, 2.24) is 0 Å². The van der Waals surface area contributed by atoms with Crippen LogP contribution in [0.4, 0.5) is 0 Å². The first-order chi connectivity index (χ1) is 6.29. The van der Waals surface area contributed by atoms with Crippen molar-refractivity contribution in [3.8, 4) is 0 Å². The van der Waals surface area contributed by atoms with Crippen molar-refractivity contribution >= 4 is 22.4 Å². The van der Waals surface area contributed by atoms with E-state index in [4.69, 9.17) is 11.6 Å². The van der Waals surface area contributed by atoms with Gasteiger partial charge in [0.15, 0.2) is 0 Å². The second-order valence-electron chi connectivity index (χ2n) is 3.18. The molecule has 2 rings (SSSR count). The third-order valence-electron chi connectivity index (χ3n) is 2.25. The average Bonchev–Trinajstić information content (AvgIpc) is 2.17. The highest BCUT2D eigenvalue weighted by Crippen LogP contribution is 2.27. The summed E-state index contributed by atoms with van der Waals surface area (Å²) in [5, 5.41) is 2.59. The molecule has 0 N–H and O–H groups in total. The lowest BCUT2D eigenvalue weighted by molar-refractivity contribution is 1.10. The maximum absolute atomic E-state index is 6.08. The van der Waals surface area contributed by atoms with Crippen LogP contribution in [0.15, 0.2) is 42.5 Å². The molecule has 0 fully saturated rings. The summed E-state index contributed by atoms with van der Waals surface area (Å²) < 4.78 is 0. The highest BCUT2D eigenvalue weighted by Gasteiger charge is 2.04. The molecule has 0 unspecified atom stereocenters. The largest absolute Gasteiger partial charge is 0.118 e. The zero-order valence-electron chi connectivity index (χ0n) is 7.50. The van der Waals surface area contributed by atoms with Gasteiger partial charge in [-0.15, -0.1) is 11.6 Å². The van der Waals surface area contributed by atoms with Gasteiger partial charge in [-0.25, -0.2) is 0 Å². The topological polar surface area (TPSA) is 0 Å². The minimum Gasteiger partial charge on any atom is -0.118 e. The first kappa shape index (κ1) is 8.58. The Balaban J connectivity index is 2.76. The fourth-order valence-corrected chi connectivity index (χ4v) is 1.79. The lowest BCUT2D eigenvalue weighted by atomic mass is 10.0. The summed E-state index contributed by atoms with van der Waals surface area (Å²) >= 11 is 6.08. The summed E-state index contributed by atoms with van der Waals surface area (Å²) in [5.41, 5.74) is 1.21. The molecule has 0 aliphatic rings. The molecule has 0 bridgehead atoms. The summed E-state index contributed by atoms with van der Waals surface area (Å²) in [6.45, 7) is 2.00. The van der Waals surface area contributed by atoms with Crippen LogP contribution in [0.5, 0.6) is 0 Å². The van der Waals surface area contributed by atoms with Crippen LogP contribution in [-0.4, -0.2) is 0 Å². The Bertz CT molecular complexity index is 413. The van der Waals surface area contributed by atoms with Gasteiger partial charge in [0.1, 0.15) is 0 Å². The standard InChI is InChI=1S/C12H11Cl/c1-9(13)11-8-4-6-10-5-2-3-7-12(10)11/h2-9H,1H3/t9-/m0/s1. The van der Waals surface area contributed by atoms with Crippen molar-refractivity contribution in [2.45, 2.75) is 12.3 Å². The SMILES string of the molecule is C[C@H](Cl)c1cccc2ccccc12. The summed E-state index contributed by atoms with van der Waals surface area (Å²) in [6.07, 6.45) is 0. The smallest absolute Gasteiger partial charge is 0.0563 e. The van der Waals surface area contributed by atoms with E-state index in [9.17, 15) is 0 Å². The molecule has 0 aromatic heterocycles. The number of rotatable bonds is 1. The second-order valence-corrected chi connectivity index (χ2v) is 3.84. The molecule has 66 valence electrons. The first-order valence-corrected chi connectivity index (χ1v) is 4.84. The summed E-state index contributed by atoms with van der Waals surface area (Å²) in [5.74, 6) is 0. The van der Waals surface area contributed by atoms with Crippen molar-refractivity contribution in [3.63, 3.8) is 0 Å². The van der Waals surface area contributed by atoms with E-state index in [1.54, 1.807) is 0 Å². The van der Waals surface area contributed by atoms with E-state index >= 15 is 0 Å². The van der Waals surface area contributed by atoms with Crippen molar-refractivity contribution in [2.75, 3.05) is 0 Å². The Kier molecular flexibility index (Phi) is 2.24. The van der Waals surface area contributed by atoms with Crippen LogP contribution in [-0.2, 0) is 0 Å². The molecule has 0 heterocycles. The van der Waals surface area contributed by atoms with Gasteiger partial charge < -0.3 is 0 Å². The fraction of sp³-hybridized carbons (Fsp3) is 0.167. The predicted octanol–water partition coefficient (Wildman–Crippen LogP) is 4.14. The third kappa shape index (κ3) is 1.54. The summed E-state index contributed by atoms with van der Waals surface area (Å²) in [6, 6.07) is 14.6. The van der Waals surface area contributed by atoms with Gasteiger partial charge in [0.25, 0.3) is 0 Å². The lowest BCUT2D eigenvalue weighted by Gasteiger charge is -2.07. The maximum Gasteiger partial charge on any atom is 0.0563 e. The number of alkyl halides is 1. The monoisotopic (exact) mass is 190 g/mol. The molecule has 0 radical (unpaired) electrons. The van der Waals surface area contributed by atoms with E-state index < -0.39 is 0 Å². The van der Waals surface area contributed by atoms with Crippen LogP contribution >= 0.6 is 11.6 Å². The van der Waals surface area contributed by atoms with Gasteiger partial charge in [0.05, 0.1) is 5.38 Å². The van der Waals surface area contributed by atoms with Crippen molar-refractivity contribution in [2.24, 2.45) is 0 Å². The number of benzene rings is 2. The highest BCUT2D eigenvalue weighted by atomic mass is 35.5. The molecule has 0 aliphatic heterocycles. The number of hydrogen-bond acceptors (Lipinski definition) is 0. The molecular weight excluding hydrogens is 180 g/mol. The molecule has 0 saturated heterocycles. The minimum absolute atomic E-state index is 0.0751. The van der Waals surface area contributed by atoms with E-state index in [1.165, 1.54) is 16.3 Å². The van der Waals surface area contributed by atoms with Gasteiger partial charge in [-0.05, 0) is 23.3 Å². The molecule has 1 atom stereocenters. The summed E-state index contributed by atoms with van der Waals surface area (Å²) in [4.78, 5) is 0. The van der Waals surface area contributed by atoms with Crippen LogP contribution in [0.25, 0.3) is 10.8 Å². The van der Waals surface area contributed by atoms with E-state index in [0.29, 0.717) is 0 Å². The Hall–Kier alpha value is -1.01. The zero-order chi connectivity index (χ0) is 9.26. The molecule has 0 nitrogen and oxygen atoms in total. The molecular formula is C12H11Cl. The molecule has 1 heteroatoms. The van der Waals surface area contributed by atoms with Gasteiger partial charge in [0.2, 0.25) is 0 Å². The Labute approximate surface area is 83.1 Å². The Morgan fingerprint density at radius 1 is 1.00 bits per heavy atom. The van der Waals surface area contributed by atoms with Gasteiger partial charge >= 0.3 is 0 Å². The molecule has 0 spiro atoms. The van der Waals surface area contributed by atoms with Crippen LogP contribution in [0, 0.1) is 0 Å². The fourth-order valence-electron chi connectivity index (χ4n) is 1.60. The molecule has 2 aromatic carbocycles. The van der Waals surface area contributed by atoms with E-state index in [1.807, 2.05) is 19.1 Å². The van der Waals surface area contributed by atoms with Crippen LogP contribution in [0.1, 0.15) is 17.9 Å². The first-order valence-electron chi connectivity index (χ1n) is 4.41. The van der Waals surface area contributed by atoms with Crippen molar-refractivity contribution in [1.29, 1.82) is 0 Å². The van der Waals surface area contributed by atoms with Crippen LogP contribution in [0.3, 0.4) is 0 Å². The van der Waals surface area contributed by atoms with Gasteiger partial charge in [0, 0.05) is 0 Å². The Morgan fingerprint density at radius 2 is 1.69 bits per heavy atom. The zero-order valence-corrected chi connectivity index (χ0v) is 8.25. The van der Waals surface area contributed by atoms with Crippen LogP contribution in [0.2, 0.25) is 0 Å². The number of halogens is 1. The van der Waals surface area contributed by atoms with E-state index in [2.05, 4.69) is 30.3 Å². The Morgan fingerprint density at radius 3 is 2.46 bits per heavy atom. The lowest BCUT2D eigenvalue weighted by Crippen LogP contribution is -1.85. The van der Waals surface area contributed by atoms with Gasteiger partial charge in [-0.2, -0.15) is 0 Å². The van der Waals surface area contributed by atoms with Crippen LogP contribution < -0.4 is 0 Å². The third-order valence-corrected chi connectivity index (χ3v) is 2.49. The maximum atomic E-state index is 6.08. The van der Waals surface area contributed by atoms with Gasteiger partial charge in [-0.1, -0.05) is 42.5 Å². The number of fused-ring (bicyclic) bond motifs is 1.